The lowest BCUT2D eigenvalue weighted by Gasteiger charge is -2.15. The van der Waals surface area contributed by atoms with E-state index in [1.165, 1.54) is 11.8 Å². The van der Waals surface area contributed by atoms with Crippen LogP contribution in [0.25, 0.3) is 10.8 Å². The Morgan fingerprint density at radius 3 is 2.83 bits per heavy atom. The van der Waals surface area contributed by atoms with Crippen molar-refractivity contribution < 1.29 is 9.59 Å². The number of amidine groups is 1. The minimum absolute atomic E-state index is 0.0351. The molecule has 0 aromatic heterocycles. The molecule has 1 aliphatic rings. The molecule has 2 amide bonds. The van der Waals surface area contributed by atoms with Crippen molar-refractivity contribution in [3.8, 4) is 0 Å². The van der Waals surface area contributed by atoms with Crippen LogP contribution in [0.15, 0.2) is 47.5 Å². The zero-order valence-electron chi connectivity index (χ0n) is 13.0. The summed E-state index contributed by atoms with van der Waals surface area (Å²) in [4.78, 5) is 30.4. The number of hydrogen-bond donors (Lipinski definition) is 0. The highest BCUT2D eigenvalue weighted by atomic mass is 32.2. The fourth-order valence-electron chi connectivity index (χ4n) is 2.58. The molecule has 1 fully saturated rings. The average Bonchev–Trinajstić information content (AvgIpc) is 2.92. The third kappa shape index (κ3) is 3.29. The Hall–Kier alpha value is -2.14. The fourth-order valence-corrected chi connectivity index (χ4v) is 3.48. The lowest BCUT2D eigenvalue weighted by atomic mass is 10.0. The minimum Gasteiger partial charge on any atom is -0.290 e. The monoisotopic (exact) mass is 326 g/mol. The van der Waals surface area contributed by atoms with Gasteiger partial charge < -0.3 is 0 Å². The van der Waals surface area contributed by atoms with Crippen LogP contribution in [0.3, 0.4) is 0 Å². The molecule has 23 heavy (non-hydrogen) atoms. The number of thioether (sulfide) groups is 1. The molecule has 0 bridgehead atoms. The third-order valence-electron chi connectivity index (χ3n) is 3.81. The Morgan fingerprint density at radius 2 is 2.00 bits per heavy atom. The second-order valence-corrected chi connectivity index (χ2v) is 6.36. The van der Waals surface area contributed by atoms with Gasteiger partial charge in [-0.2, -0.15) is 4.99 Å². The molecule has 0 N–H and O–H groups in total. The van der Waals surface area contributed by atoms with Gasteiger partial charge in [0.25, 0.3) is 5.91 Å². The Balaban J connectivity index is 1.91. The molecular formula is C18H18N2O2S. The highest BCUT2D eigenvalue weighted by Crippen LogP contribution is 2.23. The van der Waals surface area contributed by atoms with E-state index >= 15 is 0 Å². The Bertz CT molecular complexity index is 780. The summed E-state index contributed by atoms with van der Waals surface area (Å²) in [6, 6.07) is 13.4. The van der Waals surface area contributed by atoms with Crippen LogP contribution < -0.4 is 0 Å². The highest BCUT2D eigenvalue weighted by Gasteiger charge is 2.28. The summed E-state index contributed by atoms with van der Waals surface area (Å²) in [6.07, 6.45) is 1.91. The topological polar surface area (TPSA) is 49.7 Å². The van der Waals surface area contributed by atoms with Crippen molar-refractivity contribution in [2.45, 2.75) is 19.8 Å². The predicted molar refractivity (Wildman–Crippen MR) is 94.8 cm³/mol. The number of aliphatic imine (C=N–C) groups is 1. The molecule has 0 radical (unpaired) electrons. The first kappa shape index (κ1) is 15.7. The number of carbonyl (C=O) groups is 2. The van der Waals surface area contributed by atoms with Gasteiger partial charge in [0, 0.05) is 12.1 Å². The number of rotatable bonds is 4. The summed E-state index contributed by atoms with van der Waals surface area (Å²) in [5, 5.41) is 2.43. The number of hydrogen-bond acceptors (Lipinski definition) is 3. The van der Waals surface area contributed by atoms with Crippen LogP contribution in [0, 0.1) is 0 Å². The molecule has 2 aromatic rings. The largest absolute Gasteiger partial charge is 0.290 e. The van der Waals surface area contributed by atoms with Crippen LogP contribution in [0.4, 0.5) is 0 Å². The van der Waals surface area contributed by atoms with Gasteiger partial charge in [-0.1, -0.05) is 61.5 Å². The van der Waals surface area contributed by atoms with Crippen molar-refractivity contribution in [3.63, 3.8) is 0 Å². The third-order valence-corrected chi connectivity index (χ3v) is 4.77. The van der Waals surface area contributed by atoms with Gasteiger partial charge in [0.15, 0.2) is 5.17 Å². The van der Waals surface area contributed by atoms with E-state index in [1.54, 1.807) is 11.0 Å². The number of fused-ring (bicyclic) bond motifs is 1. The molecule has 0 atom stereocenters. The number of amides is 2. The Morgan fingerprint density at radius 1 is 1.22 bits per heavy atom. The van der Waals surface area contributed by atoms with Crippen molar-refractivity contribution in [2.24, 2.45) is 4.99 Å². The van der Waals surface area contributed by atoms with Crippen molar-refractivity contribution in [3.05, 3.63) is 48.0 Å². The maximum atomic E-state index is 12.6. The van der Waals surface area contributed by atoms with E-state index < -0.39 is 0 Å². The smallest absolute Gasteiger partial charge is 0.280 e. The van der Waals surface area contributed by atoms with E-state index in [9.17, 15) is 9.59 Å². The van der Waals surface area contributed by atoms with Gasteiger partial charge in [-0.05, 0) is 23.3 Å². The van der Waals surface area contributed by atoms with Gasteiger partial charge >= 0.3 is 0 Å². The van der Waals surface area contributed by atoms with Crippen LogP contribution >= 0.6 is 11.8 Å². The molecular weight excluding hydrogens is 308 g/mol. The van der Waals surface area contributed by atoms with Crippen molar-refractivity contribution >= 4 is 39.5 Å². The van der Waals surface area contributed by atoms with E-state index in [4.69, 9.17) is 0 Å². The van der Waals surface area contributed by atoms with Gasteiger partial charge in [0.05, 0.1) is 5.75 Å². The lowest BCUT2D eigenvalue weighted by Crippen LogP contribution is -2.31. The second-order valence-electron chi connectivity index (χ2n) is 5.41. The predicted octanol–water partition coefficient (Wildman–Crippen LogP) is 3.71. The summed E-state index contributed by atoms with van der Waals surface area (Å²) in [5.74, 6) is 0.110. The number of benzene rings is 2. The molecule has 2 aromatic carbocycles. The first-order valence-electron chi connectivity index (χ1n) is 7.74. The summed E-state index contributed by atoms with van der Waals surface area (Å²) in [5.41, 5.74) is 0.575. The summed E-state index contributed by atoms with van der Waals surface area (Å²) >= 11 is 1.34. The molecule has 4 nitrogen and oxygen atoms in total. The van der Waals surface area contributed by atoms with Crippen molar-refractivity contribution in [1.29, 1.82) is 0 Å². The van der Waals surface area contributed by atoms with E-state index in [0.717, 1.165) is 23.6 Å². The number of nitrogens with zero attached hydrogens (tertiary/aromatic N) is 2. The standard InChI is InChI=1S/C18H18N2O2S/c1-2-3-11-20-16(21)12-23-18(20)19-17(22)15-10-6-8-13-7-4-5-9-14(13)15/h4-10H,2-3,11-12H2,1H3. The summed E-state index contributed by atoms with van der Waals surface area (Å²) in [7, 11) is 0. The van der Waals surface area contributed by atoms with Gasteiger partial charge in [0.2, 0.25) is 5.91 Å². The van der Waals surface area contributed by atoms with Crippen LogP contribution in [0.2, 0.25) is 0 Å². The van der Waals surface area contributed by atoms with E-state index in [2.05, 4.69) is 11.9 Å². The summed E-state index contributed by atoms with van der Waals surface area (Å²) < 4.78 is 0. The van der Waals surface area contributed by atoms with Gasteiger partial charge in [0.1, 0.15) is 0 Å². The lowest BCUT2D eigenvalue weighted by molar-refractivity contribution is -0.124. The molecule has 0 saturated carbocycles. The summed E-state index contributed by atoms with van der Waals surface area (Å²) in [6.45, 7) is 2.70. The molecule has 3 rings (SSSR count). The van der Waals surface area contributed by atoms with Crippen LogP contribution in [0.5, 0.6) is 0 Å². The zero-order chi connectivity index (χ0) is 16.2. The molecule has 0 spiro atoms. The van der Waals surface area contributed by atoms with Gasteiger partial charge in [-0.25, -0.2) is 0 Å². The molecule has 118 valence electrons. The first-order valence-corrected chi connectivity index (χ1v) is 8.73. The average molecular weight is 326 g/mol. The molecule has 1 heterocycles. The maximum Gasteiger partial charge on any atom is 0.280 e. The zero-order valence-corrected chi connectivity index (χ0v) is 13.8. The quantitative estimate of drug-likeness (QED) is 0.860. The maximum absolute atomic E-state index is 12.6. The normalized spacial score (nSPS) is 16.5. The van der Waals surface area contributed by atoms with Crippen molar-refractivity contribution in [1.82, 2.24) is 4.90 Å². The van der Waals surface area contributed by atoms with E-state index in [0.29, 0.717) is 23.0 Å². The molecule has 5 heteroatoms. The first-order chi connectivity index (χ1) is 11.2. The highest BCUT2D eigenvalue weighted by molar-refractivity contribution is 8.15. The molecule has 0 aliphatic carbocycles. The van der Waals surface area contributed by atoms with Gasteiger partial charge in [-0.3, -0.25) is 14.5 Å². The fraction of sp³-hybridized carbons (Fsp3) is 0.278. The van der Waals surface area contributed by atoms with Crippen LogP contribution in [-0.2, 0) is 4.79 Å². The Kier molecular flexibility index (Phi) is 4.76. The SMILES string of the molecule is CCCCN1C(=O)CSC1=NC(=O)c1cccc2ccccc12. The van der Waals surface area contributed by atoms with E-state index in [1.807, 2.05) is 36.4 Å². The molecule has 1 aliphatic heterocycles. The van der Waals surface area contributed by atoms with Gasteiger partial charge in [-0.15, -0.1) is 0 Å². The number of carbonyl (C=O) groups excluding carboxylic acids is 2. The molecule has 1 saturated heterocycles. The van der Waals surface area contributed by atoms with Crippen molar-refractivity contribution in [2.75, 3.05) is 12.3 Å². The van der Waals surface area contributed by atoms with E-state index in [-0.39, 0.29) is 11.8 Å². The Labute approximate surface area is 139 Å². The second kappa shape index (κ2) is 6.96. The van der Waals surface area contributed by atoms with Crippen LogP contribution in [-0.4, -0.2) is 34.2 Å². The minimum atomic E-state index is -0.291. The number of unbranched alkanes of at least 4 members (excludes halogenated alkanes) is 1. The van der Waals surface area contributed by atoms with Crippen LogP contribution in [0.1, 0.15) is 30.1 Å². The molecule has 0 unspecified atom stereocenters.